The van der Waals surface area contributed by atoms with Crippen LogP contribution < -0.4 is 4.90 Å². The molecule has 1 aromatic heterocycles. The summed E-state index contributed by atoms with van der Waals surface area (Å²) in [6, 6.07) is 1.96. The molecular weight excluding hydrogens is 284 g/mol. The van der Waals surface area contributed by atoms with E-state index in [4.69, 9.17) is 0 Å². The van der Waals surface area contributed by atoms with Gasteiger partial charge in [0.1, 0.15) is 11.4 Å². The molecule has 17 heavy (non-hydrogen) atoms. The highest BCUT2D eigenvalue weighted by atomic mass is 79.9. The Balaban J connectivity index is 2.41. The lowest BCUT2D eigenvalue weighted by Gasteiger charge is -2.24. The first kappa shape index (κ1) is 12.4. The van der Waals surface area contributed by atoms with Crippen LogP contribution in [-0.4, -0.2) is 28.6 Å². The Morgan fingerprint density at radius 1 is 1.59 bits per heavy atom. The molecule has 0 spiro atoms. The van der Waals surface area contributed by atoms with Crippen LogP contribution in [-0.2, 0) is 0 Å². The second kappa shape index (κ2) is 4.64. The average molecular weight is 299 g/mol. The summed E-state index contributed by atoms with van der Waals surface area (Å²) >= 11 is 3.26. The molecule has 0 aromatic carbocycles. The summed E-state index contributed by atoms with van der Waals surface area (Å²) in [7, 11) is 0. The van der Waals surface area contributed by atoms with Crippen molar-refractivity contribution in [2.24, 2.45) is 5.92 Å². The first-order chi connectivity index (χ1) is 7.99. The third-order valence-corrected chi connectivity index (χ3v) is 3.55. The molecule has 1 saturated heterocycles. The molecule has 1 aromatic rings. The Morgan fingerprint density at radius 3 is 2.82 bits per heavy atom. The molecule has 1 aliphatic rings. The minimum atomic E-state index is -0.930. The highest BCUT2D eigenvalue weighted by Gasteiger charge is 2.30. The zero-order chi connectivity index (χ0) is 12.6. The summed E-state index contributed by atoms with van der Waals surface area (Å²) in [6.45, 7) is 5.16. The maximum absolute atomic E-state index is 11.2. The van der Waals surface area contributed by atoms with Crippen LogP contribution in [0.1, 0.15) is 30.6 Å². The molecule has 92 valence electrons. The number of hydrogen-bond donors (Lipinski definition) is 1. The standard InChI is InChI=1S/C12H15BrN2O2/c1-7-3-8(2)15(6-7)11-10(12(16)17)4-9(13)5-14-11/h4-5,7-8H,3,6H2,1-2H3,(H,16,17). The van der Waals surface area contributed by atoms with Crippen molar-refractivity contribution in [3.8, 4) is 0 Å². The number of carboxylic acids is 1. The summed E-state index contributed by atoms with van der Waals surface area (Å²) in [5.74, 6) is 0.232. The number of aromatic carboxylic acids is 1. The van der Waals surface area contributed by atoms with Crippen LogP contribution in [0.4, 0.5) is 5.82 Å². The van der Waals surface area contributed by atoms with Crippen LogP contribution in [0.2, 0.25) is 0 Å². The first-order valence-corrected chi connectivity index (χ1v) is 6.44. The Bertz CT molecular complexity index is 450. The van der Waals surface area contributed by atoms with Crippen molar-refractivity contribution in [2.75, 3.05) is 11.4 Å². The Labute approximate surface area is 109 Å². The van der Waals surface area contributed by atoms with Crippen LogP contribution in [0, 0.1) is 5.92 Å². The number of nitrogens with zero attached hydrogens (tertiary/aromatic N) is 2. The molecule has 0 amide bonds. The molecule has 1 fully saturated rings. The van der Waals surface area contributed by atoms with E-state index in [1.165, 1.54) is 0 Å². The quantitative estimate of drug-likeness (QED) is 0.912. The fourth-order valence-corrected chi connectivity index (χ4v) is 2.74. The third-order valence-electron chi connectivity index (χ3n) is 3.12. The van der Waals surface area contributed by atoms with E-state index in [0.29, 0.717) is 22.3 Å². The Kier molecular flexibility index (Phi) is 3.38. The molecule has 0 saturated carbocycles. The number of anilines is 1. The van der Waals surface area contributed by atoms with E-state index < -0.39 is 5.97 Å². The monoisotopic (exact) mass is 298 g/mol. The summed E-state index contributed by atoms with van der Waals surface area (Å²) in [5, 5.41) is 9.22. The zero-order valence-electron chi connectivity index (χ0n) is 9.85. The van der Waals surface area contributed by atoms with Gasteiger partial charge in [0.2, 0.25) is 0 Å². The van der Waals surface area contributed by atoms with Crippen molar-refractivity contribution in [1.29, 1.82) is 0 Å². The van der Waals surface area contributed by atoms with Crippen LogP contribution >= 0.6 is 15.9 Å². The van der Waals surface area contributed by atoms with E-state index in [0.717, 1.165) is 13.0 Å². The van der Waals surface area contributed by atoms with E-state index >= 15 is 0 Å². The topological polar surface area (TPSA) is 53.4 Å². The second-order valence-corrected chi connectivity index (χ2v) is 5.59. The van der Waals surface area contributed by atoms with E-state index in [1.54, 1.807) is 12.3 Å². The molecule has 2 unspecified atom stereocenters. The number of hydrogen-bond acceptors (Lipinski definition) is 3. The molecule has 2 heterocycles. The van der Waals surface area contributed by atoms with Gasteiger partial charge in [0.15, 0.2) is 0 Å². The van der Waals surface area contributed by atoms with Crippen LogP contribution in [0.15, 0.2) is 16.7 Å². The van der Waals surface area contributed by atoms with Gasteiger partial charge in [-0.25, -0.2) is 9.78 Å². The molecule has 0 radical (unpaired) electrons. The SMILES string of the molecule is CC1CC(C)N(c2ncc(Br)cc2C(=O)O)C1. The molecule has 2 rings (SSSR count). The molecule has 1 aliphatic heterocycles. The fraction of sp³-hybridized carbons (Fsp3) is 0.500. The highest BCUT2D eigenvalue weighted by molar-refractivity contribution is 9.10. The maximum Gasteiger partial charge on any atom is 0.339 e. The fourth-order valence-electron chi connectivity index (χ4n) is 2.41. The van der Waals surface area contributed by atoms with Gasteiger partial charge in [0, 0.05) is 23.3 Å². The normalized spacial score (nSPS) is 24.1. The number of carbonyl (C=O) groups is 1. The van der Waals surface area contributed by atoms with Gasteiger partial charge in [0.25, 0.3) is 0 Å². The van der Waals surface area contributed by atoms with Crippen molar-refractivity contribution in [2.45, 2.75) is 26.3 Å². The summed E-state index contributed by atoms with van der Waals surface area (Å²) in [4.78, 5) is 17.6. The van der Waals surface area contributed by atoms with Gasteiger partial charge in [-0.3, -0.25) is 0 Å². The summed E-state index contributed by atoms with van der Waals surface area (Å²) < 4.78 is 0.693. The average Bonchev–Trinajstić information content (AvgIpc) is 2.57. The largest absolute Gasteiger partial charge is 0.478 e. The van der Waals surface area contributed by atoms with Gasteiger partial charge in [-0.1, -0.05) is 6.92 Å². The van der Waals surface area contributed by atoms with E-state index in [2.05, 4.69) is 39.7 Å². The van der Waals surface area contributed by atoms with Crippen LogP contribution in [0.3, 0.4) is 0 Å². The Morgan fingerprint density at radius 2 is 2.29 bits per heavy atom. The van der Waals surface area contributed by atoms with Gasteiger partial charge in [-0.05, 0) is 41.3 Å². The second-order valence-electron chi connectivity index (χ2n) is 4.67. The van der Waals surface area contributed by atoms with Gasteiger partial charge in [0.05, 0.1) is 0 Å². The smallest absolute Gasteiger partial charge is 0.339 e. The van der Waals surface area contributed by atoms with Gasteiger partial charge in [-0.15, -0.1) is 0 Å². The molecule has 4 nitrogen and oxygen atoms in total. The summed E-state index contributed by atoms with van der Waals surface area (Å²) in [6.07, 6.45) is 2.73. The molecule has 0 aliphatic carbocycles. The van der Waals surface area contributed by atoms with E-state index in [-0.39, 0.29) is 5.56 Å². The van der Waals surface area contributed by atoms with Gasteiger partial charge >= 0.3 is 5.97 Å². The van der Waals surface area contributed by atoms with E-state index in [1.807, 2.05) is 0 Å². The van der Waals surface area contributed by atoms with Crippen molar-refractivity contribution in [3.63, 3.8) is 0 Å². The first-order valence-electron chi connectivity index (χ1n) is 5.64. The van der Waals surface area contributed by atoms with Crippen molar-refractivity contribution < 1.29 is 9.90 Å². The highest BCUT2D eigenvalue weighted by Crippen LogP contribution is 2.30. The minimum Gasteiger partial charge on any atom is -0.478 e. The Hall–Kier alpha value is -1.10. The predicted molar refractivity (Wildman–Crippen MR) is 69.5 cm³/mol. The van der Waals surface area contributed by atoms with Gasteiger partial charge in [-0.2, -0.15) is 0 Å². The lowest BCUT2D eigenvalue weighted by Crippen LogP contribution is -2.29. The van der Waals surface area contributed by atoms with Crippen LogP contribution in [0.5, 0.6) is 0 Å². The number of aromatic nitrogens is 1. The van der Waals surface area contributed by atoms with Gasteiger partial charge < -0.3 is 10.0 Å². The number of halogens is 1. The lowest BCUT2D eigenvalue weighted by atomic mass is 10.1. The van der Waals surface area contributed by atoms with E-state index in [9.17, 15) is 9.90 Å². The molecular formula is C12H15BrN2O2. The third kappa shape index (κ3) is 2.44. The van der Waals surface area contributed by atoms with Crippen molar-refractivity contribution in [3.05, 3.63) is 22.3 Å². The number of pyridine rings is 1. The molecule has 5 heteroatoms. The number of rotatable bonds is 2. The summed E-state index contributed by atoms with van der Waals surface area (Å²) in [5.41, 5.74) is 0.264. The molecule has 1 N–H and O–H groups in total. The zero-order valence-corrected chi connectivity index (χ0v) is 11.4. The molecule has 2 atom stereocenters. The predicted octanol–water partition coefficient (Wildman–Crippen LogP) is 2.78. The molecule has 0 bridgehead atoms. The number of carboxylic acid groups (broad SMARTS) is 1. The van der Waals surface area contributed by atoms with Crippen molar-refractivity contribution in [1.82, 2.24) is 4.98 Å². The minimum absolute atomic E-state index is 0.264. The van der Waals surface area contributed by atoms with Crippen molar-refractivity contribution >= 4 is 27.7 Å². The lowest BCUT2D eigenvalue weighted by molar-refractivity contribution is 0.0697. The van der Waals surface area contributed by atoms with Crippen LogP contribution in [0.25, 0.3) is 0 Å². The maximum atomic E-state index is 11.2.